The lowest BCUT2D eigenvalue weighted by atomic mass is 10.2. The molecule has 1 aromatic carbocycles. The van der Waals surface area contributed by atoms with Gasteiger partial charge in [0.2, 0.25) is 0 Å². The summed E-state index contributed by atoms with van der Waals surface area (Å²) in [6, 6.07) is 3.61. The number of ether oxygens (including phenoxy) is 3. The molecule has 0 saturated carbocycles. The molecule has 118 valence electrons. The molecule has 0 saturated heterocycles. The summed E-state index contributed by atoms with van der Waals surface area (Å²) in [5.41, 5.74) is 0.959. The van der Waals surface area contributed by atoms with E-state index in [0.717, 1.165) is 12.1 Å². The molecular weight excluding hydrogens is 296 g/mol. The Kier molecular flexibility index (Phi) is 7.89. The van der Waals surface area contributed by atoms with Crippen LogP contribution < -0.4 is 20.1 Å². The first kappa shape index (κ1) is 17.6. The van der Waals surface area contributed by atoms with E-state index >= 15 is 0 Å². The van der Waals surface area contributed by atoms with E-state index in [1.165, 1.54) is 7.11 Å². The molecule has 7 heteroatoms. The van der Waals surface area contributed by atoms with Gasteiger partial charge in [-0.3, -0.25) is 4.79 Å². The summed E-state index contributed by atoms with van der Waals surface area (Å²) in [4.78, 5) is 11.2. The minimum Gasteiger partial charge on any atom is -0.493 e. The third kappa shape index (κ3) is 5.79. The van der Waals surface area contributed by atoms with Gasteiger partial charge in [0, 0.05) is 27.2 Å². The molecule has 0 fully saturated rings. The van der Waals surface area contributed by atoms with Crippen molar-refractivity contribution in [3.05, 3.63) is 22.7 Å². The van der Waals surface area contributed by atoms with Crippen molar-refractivity contribution in [2.24, 2.45) is 0 Å². The second-order valence-electron chi connectivity index (χ2n) is 4.24. The Balaban J connectivity index is 2.74. The van der Waals surface area contributed by atoms with Crippen molar-refractivity contribution >= 4 is 17.5 Å². The quantitative estimate of drug-likeness (QED) is 0.670. The number of amides is 1. The van der Waals surface area contributed by atoms with Crippen LogP contribution >= 0.6 is 11.6 Å². The lowest BCUT2D eigenvalue weighted by molar-refractivity contribution is -0.122. The summed E-state index contributed by atoms with van der Waals surface area (Å²) in [6.07, 6.45) is 0. The number of likely N-dealkylation sites (N-methyl/N-ethyl adjacent to an activating group) is 1. The van der Waals surface area contributed by atoms with Gasteiger partial charge in [0.05, 0.1) is 18.7 Å². The zero-order valence-corrected chi connectivity index (χ0v) is 13.3. The minimum absolute atomic E-state index is 0.113. The molecule has 6 nitrogen and oxygen atoms in total. The van der Waals surface area contributed by atoms with E-state index in [-0.39, 0.29) is 12.5 Å². The fraction of sp³-hybridized carbons (Fsp3) is 0.500. The van der Waals surface area contributed by atoms with Crippen LogP contribution in [-0.4, -0.2) is 46.9 Å². The van der Waals surface area contributed by atoms with E-state index in [1.807, 2.05) is 6.07 Å². The molecule has 0 aliphatic carbocycles. The molecule has 1 rings (SSSR count). The molecule has 1 aromatic rings. The molecule has 0 aliphatic rings. The van der Waals surface area contributed by atoms with Crippen LogP contribution in [0, 0.1) is 0 Å². The summed E-state index contributed by atoms with van der Waals surface area (Å²) in [5, 5.41) is 6.09. The highest BCUT2D eigenvalue weighted by Crippen LogP contribution is 2.36. The maximum atomic E-state index is 11.2. The van der Waals surface area contributed by atoms with Crippen LogP contribution in [0.3, 0.4) is 0 Å². The molecule has 21 heavy (non-hydrogen) atoms. The van der Waals surface area contributed by atoms with Gasteiger partial charge in [-0.05, 0) is 17.7 Å². The van der Waals surface area contributed by atoms with Crippen molar-refractivity contribution in [2.75, 3.05) is 41.0 Å². The zero-order chi connectivity index (χ0) is 15.7. The van der Waals surface area contributed by atoms with Crippen LogP contribution in [0.15, 0.2) is 12.1 Å². The Morgan fingerprint density at radius 2 is 2.10 bits per heavy atom. The summed E-state index contributed by atoms with van der Waals surface area (Å²) >= 11 is 6.19. The molecule has 0 heterocycles. The second-order valence-corrected chi connectivity index (χ2v) is 4.65. The van der Waals surface area contributed by atoms with E-state index in [1.54, 1.807) is 20.2 Å². The molecule has 0 radical (unpaired) electrons. The predicted molar refractivity (Wildman–Crippen MR) is 81.1 cm³/mol. The van der Waals surface area contributed by atoms with Crippen LogP contribution in [-0.2, 0) is 16.1 Å². The number of carbonyl (C=O) groups is 1. The molecule has 2 N–H and O–H groups in total. The van der Waals surface area contributed by atoms with Gasteiger partial charge in [0.1, 0.15) is 0 Å². The summed E-state index contributed by atoms with van der Waals surface area (Å²) in [7, 11) is 4.72. The fourth-order valence-electron chi connectivity index (χ4n) is 1.63. The number of hydrogen-bond acceptors (Lipinski definition) is 5. The predicted octanol–water partition coefficient (Wildman–Crippen LogP) is 1.21. The highest BCUT2D eigenvalue weighted by molar-refractivity contribution is 6.32. The van der Waals surface area contributed by atoms with Gasteiger partial charge < -0.3 is 24.8 Å². The molecule has 0 aliphatic heterocycles. The Hall–Kier alpha value is -1.50. The Bertz CT molecular complexity index is 469. The maximum absolute atomic E-state index is 11.2. The van der Waals surface area contributed by atoms with Crippen LogP contribution in [0.5, 0.6) is 11.5 Å². The molecule has 0 atom stereocenters. The van der Waals surface area contributed by atoms with Crippen molar-refractivity contribution in [1.82, 2.24) is 10.6 Å². The number of methoxy groups -OCH3 is 2. The Morgan fingerprint density at radius 1 is 1.33 bits per heavy atom. The van der Waals surface area contributed by atoms with Crippen LogP contribution in [0.2, 0.25) is 5.02 Å². The lowest BCUT2D eigenvalue weighted by Crippen LogP contribution is -2.25. The fourth-order valence-corrected chi connectivity index (χ4v) is 1.92. The van der Waals surface area contributed by atoms with Gasteiger partial charge >= 0.3 is 0 Å². The van der Waals surface area contributed by atoms with Gasteiger partial charge in [0.15, 0.2) is 18.1 Å². The topological polar surface area (TPSA) is 68.8 Å². The van der Waals surface area contributed by atoms with Gasteiger partial charge in [-0.2, -0.15) is 0 Å². The van der Waals surface area contributed by atoms with Crippen molar-refractivity contribution in [2.45, 2.75) is 6.54 Å². The van der Waals surface area contributed by atoms with Gasteiger partial charge in [-0.25, -0.2) is 0 Å². The van der Waals surface area contributed by atoms with Crippen molar-refractivity contribution in [3.63, 3.8) is 0 Å². The van der Waals surface area contributed by atoms with E-state index < -0.39 is 0 Å². The average Bonchev–Trinajstić information content (AvgIpc) is 2.49. The number of rotatable bonds is 9. The average molecular weight is 317 g/mol. The first-order valence-corrected chi connectivity index (χ1v) is 6.89. The standard InChI is InChI=1S/C14H21ClN2O4/c1-16-13(18)9-21-14-11(15)6-10(7-12(14)20-3)8-17-4-5-19-2/h6-7,17H,4-5,8-9H2,1-3H3,(H,16,18). The zero-order valence-electron chi connectivity index (χ0n) is 12.5. The molecule has 0 unspecified atom stereocenters. The number of benzene rings is 1. The lowest BCUT2D eigenvalue weighted by Gasteiger charge is -2.14. The number of nitrogens with one attached hydrogen (secondary N) is 2. The highest BCUT2D eigenvalue weighted by atomic mass is 35.5. The van der Waals surface area contributed by atoms with Crippen molar-refractivity contribution < 1.29 is 19.0 Å². The summed E-state index contributed by atoms with van der Waals surface area (Å²) < 4.78 is 15.6. The third-order valence-corrected chi connectivity index (χ3v) is 3.01. The monoisotopic (exact) mass is 316 g/mol. The van der Waals surface area contributed by atoms with Gasteiger partial charge in [-0.15, -0.1) is 0 Å². The van der Waals surface area contributed by atoms with Crippen LogP contribution in [0.4, 0.5) is 0 Å². The van der Waals surface area contributed by atoms with E-state index in [4.69, 9.17) is 25.8 Å². The summed E-state index contributed by atoms with van der Waals surface area (Å²) in [5.74, 6) is 0.622. The SMILES string of the molecule is CNC(=O)COc1c(Cl)cc(CNCCOC)cc1OC. The van der Waals surface area contributed by atoms with E-state index in [9.17, 15) is 4.79 Å². The van der Waals surface area contributed by atoms with Gasteiger partial charge in [-0.1, -0.05) is 11.6 Å². The molecule has 1 amide bonds. The summed E-state index contributed by atoms with van der Waals surface area (Å²) in [6.45, 7) is 1.90. The van der Waals surface area contributed by atoms with E-state index in [0.29, 0.717) is 29.7 Å². The molecule has 0 aromatic heterocycles. The smallest absolute Gasteiger partial charge is 0.257 e. The van der Waals surface area contributed by atoms with E-state index in [2.05, 4.69) is 10.6 Å². The largest absolute Gasteiger partial charge is 0.493 e. The molecular formula is C14H21ClN2O4. The normalized spacial score (nSPS) is 10.3. The highest BCUT2D eigenvalue weighted by Gasteiger charge is 2.13. The maximum Gasteiger partial charge on any atom is 0.257 e. The number of hydrogen-bond donors (Lipinski definition) is 2. The van der Waals surface area contributed by atoms with Gasteiger partial charge in [0.25, 0.3) is 5.91 Å². The third-order valence-electron chi connectivity index (χ3n) is 2.73. The second kappa shape index (κ2) is 9.44. The Labute approximate surface area is 129 Å². The molecule has 0 bridgehead atoms. The van der Waals surface area contributed by atoms with Crippen LogP contribution in [0.25, 0.3) is 0 Å². The minimum atomic E-state index is -0.238. The number of halogens is 1. The van der Waals surface area contributed by atoms with Crippen molar-refractivity contribution in [1.29, 1.82) is 0 Å². The van der Waals surface area contributed by atoms with Crippen molar-refractivity contribution in [3.8, 4) is 11.5 Å². The first-order valence-electron chi connectivity index (χ1n) is 6.51. The first-order chi connectivity index (χ1) is 10.1. The van der Waals surface area contributed by atoms with Crippen LogP contribution in [0.1, 0.15) is 5.56 Å². The Morgan fingerprint density at radius 3 is 2.71 bits per heavy atom. The number of carbonyl (C=O) groups excluding carboxylic acids is 1. The molecule has 0 spiro atoms.